The number of aliphatic hydroxyl groups is 2. The Morgan fingerprint density at radius 2 is 1.37 bits per heavy atom. The number of hydrogen-bond acceptors (Lipinski definition) is 9. The third-order valence-electron chi connectivity index (χ3n) is 4.56. The van der Waals surface area contributed by atoms with E-state index in [1.54, 1.807) is 27.7 Å². The van der Waals surface area contributed by atoms with E-state index in [2.05, 4.69) is 13.2 Å². The fourth-order valence-electron chi connectivity index (χ4n) is 3.20. The van der Waals surface area contributed by atoms with Crippen LogP contribution in [0.3, 0.4) is 0 Å². The van der Waals surface area contributed by atoms with E-state index < -0.39 is 35.7 Å². The number of hydrogen-bond donors (Lipinski definition) is 2. The van der Waals surface area contributed by atoms with Crippen molar-refractivity contribution in [2.24, 2.45) is 0 Å². The van der Waals surface area contributed by atoms with E-state index in [1.807, 2.05) is 13.8 Å². The van der Waals surface area contributed by atoms with Gasteiger partial charge in [-0.15, -0.1) is 13.2 Å². The number of aliphatic hydroxyl groups excluding tert-OH is 2. The van der Waals surface area contributed by atoms with E-state index in [0.717, 1.165) is 6.29 Å². The van der Waals surface area contributed by atoms with Crippen LogP contribution in [0.1, 0.15) is 48.0 Å². The van der Waals surface area contributed by atoms with Crippen LogP contribution in [0.15, 0.2) is 13.2 Å². The van der Waals surface area contributed by atoms with Gasteiger partial charge >= 0.3 is 0 Å². The highest BCUT2D eigenvalue weighted by molar-refractivity contribution is 5.56. The van der Waals surface area contributed by atoms with Crippen LogP contribution in [0.4, 0.5) is 0 Å². The Kier molecular flexibility index (Phi) is 10.0. The van der Waals surface area contributed by atoms with Crippen molar-refractivity contribution in [3.8, 4) is 0 Å². The maximum Gasteiger partial charge on any atom is 0.163 e. The molecule has 30 heavy (non-hydrogen) atoms. The highest BCUT2D eigenvalue weighted by Crippen LogP contribution is 2.29. The largest absolute Gasteiger partial charge is 0.390 e. The van der Waals surface area contributed by atoms with Crippen molar-refractivity contribution < 1.29 is 43.4 Å². The Hall–Kier alpha value is -0.910. The molecule has 0 aromatic carbocycles. The summed E-state index contributed by atoms with van der Waals surface area (Å²) in [6, 6.07) is 0. The SMILES string of the molecule is C=C.CC1(C)OCC(C=O)O1.CC1(C)OC[C@@H](C[C@@H](O)[C@H](O)[C@H]2COC(C)(C)O2)O1. The normalized spacial score (nSPS) is 32.9. The number of rotatable bonds is 5. The quantitative estimate of drug-likeness (QED) is 0.491. The molecule has 9 heteroatoms. The fraction of sp³-hybridized carbons (Fsp3) is 0.857. The summed E-state index contributed by atoms with van der Waals surface area (Å²) in [6.45, 7) is 17.9. The molecule has 3 rings (SSSR count). The van der Waals surface area contributed by atoms with Crippen LogP contribution in [0.25, 0.3) is 0 Å². The molecule has 5 atom stereocenters. The molecule has 3 saturated heterocycles. The lowest BCUT2D eigenvalue weighted by Crippen LogP contribution is -2.41. The molecule has 0 amide bonds. The Morgan fingerprint density at radius 1 is 0.867 bits per heavy atom. The second-order valence-electron chi connectivity index (χ2n) is 8.61. The first kappa shape index (κ1) is 27.1. The predicted molar refractivity (Wildman–Crippen MR) is 109 cm³/mol. The molecule has 9 nitrogen and oxygen atoms in total. The number of aldehydes is 1. The zero-order chi connectivity index (χ0) is 23.2. The molecule has 0 aromatic heterocycles. The maximum absolute atomic E-state index is 10.1. The predicted octanol–water partition coefficient (Wildman–Crippen LogP) is 1.54. The van der Waals surface area contributed by atoms with Gasteiger partial charge in [0.05, 0.1) is 32.0 Å². The summed E-state index contributed by atoms with van der Waals surface area (Å²) in [6.07, 6.45) is -1.94. The van der Waals surface area contributed by atoms with Crippen molar-refractivity contribution >= 4 is 6.29 Å². The van der Waals surface area contributed by atoms with Gasteiger partial charge in [-0.1, -0.05) is 0 Å². The first-order valence-corrected chi connectivity index (χ1v) is 10.1. The molecule has 1 unspecified atom stereocenters. The number of carbonyl (C=O) groups excluding carboxylic acids is 1. The smallest absolute Gasteiger partial charge is 0.163 e. The second kappa shape index (κ2) is 11.1. The van der Waals surface area contributed by atoms with Gasteiger partial charge in [0, 0.05) is 6.42 Å². The number of ether oxygens (including phenoxy) is 6. The van der Waals surface area contributed by atoms with E-state index in [4.69, 9.17) is 28.4 Å². The van der Waals surface area contributed by atoms with Crippen LogP contribution < -0.4 is 0 Å². The highest BCUT2D eigenvalue weighted by Gasteiger charge is 2.41. The monoisotopic (exact) mass is 434 g/mol. The van der Waals surface area contributed by atoms with Crippen LogP contribution in [0.2, 0.25) is 0 Å². The van der Waals surface area contributed by atoms with E-state index in [0.29, 0.717) is 19.6 Å². The Balaban J connectivity index is 0.000000342. The van der Waals surface area contributed by atoms with Gasteiger partial charge in [0.15, 0.2) is 23.6 Å². The van der Waals surface area contributed by atoms with E-state index in [9.17, 15) is 15.0 Å². The van der Waals surface area contributed by atoms with E-state index in [1.165, 1.54) is 0 Å². The third kappa shape index (κ3) is 8.68. The summed E-state index contributed by atoms with van der Waals surface area (Å²) in [5, 5.41) is 20.1. The van der Waals surface area contributed by atoms with Crippen molar-refractivity contribution in [2.45, 2.75) is 95.8 Å². The standard InChI is InChI=1S/C13H24O6.C6H10O3.C2H4/c1-12(2)16-6-8(18-12)5-9(14)11(15)10-7-17-13(3,4)19-10;1-6(2)8-4-5(3-7)9-6;1-2/h8-11,14-15H,5-7H2,1-4H3;3,5H,4H2,1-2H3;1-2H2/t8-,9-,10-,11+;;/m1../s1. The van der Waals surface area contributed by atoms with Crippen LogP contribution in [0, 0.1) is 0 Å². The third-order valence-corrected chi connectivity index (χ3v) is 4.56. The lowest BCUT2D eigenvalue weighted by molar-refractivity contribution is -0.165. The Labute approximate surface area is 179 Å². The zero-order valence-corrected chi connectivity index (χ0v) is 19.0. The molecular formula is C21H38O9. The van der Waals surface area contributed by atoms with Crippen molar-refractivity contribution in [3.05, 3.63) is 13.2 Å². The van der Waals surface area contributed by atoms with Crippen molar-refractivity contribution in [3.63, 3.8) is 0 Å². The van der Waals surface area contributed by atoms with Gasteiger partial charge in [-0.25, -0.2) is 0 Å². The van der Waals surface area contributed by atoms with Crippen LogP contribution in [-0.4, -0.2) is 84.2 Å². The summed E-state index contributed by atoms with van der Waals surface area (Å²) in [5.74, 6) is -1.89. The Bertz CT molecular complexity index is 535. The van der Waals surface area contributed by atoms with Gasteiger partial charge in [-0.05, 0) is 41.5 Å². The lowest BCUT2D eigenvalue weighted by Gasteiger charge is -2.25. The minimum absolute atomic E-state index is 0.213. The molecule has 0 radical (unpaired) electrons. The van der Waals surface area contributed by atoms with E-state index in [-0.39, 0.29) is 18.8 Å². The molecule has 0 bridgehead atoms. The molecule has 0 saturated carbocycles. The molecule has 3 heterocycles. The molecule has 2 N–H and O–H groups in total. The summed E-state index contributed by atoms with van der Waals surface area (Å²) >= 11 is 0. The van der Waals surface area contributed by atoms with Gasteiger partial charge in [-0.3, -0.25) is 0 Å². The van der Waals surface area contributed by atoms with Gasteiger partial charge < -0.3 is 43.4 Å². The molecule has 0 aromatic rings. The molecule has 3 fully saturated rings. The average Bonchev–Trinajstić information content (AvgIpc) is 3.32. The molecule has 0 spiro atoms. The zero-order valence-electron chi connectivity index (χ0n) is 19.0. The number of carbonyl (C=O) groups is 1. The summed E-state index contributed by atoms with van der Waals surface area (Å²) in [7, 11) is 0. The van der Waals surface area contributed by atoms with Gasteiger partial charge in [0.1, 0.15) is 18.3 Å². The van der Waals surface area contributed by atoms with Crippen molar-refractivity contribution in [2.75, 3.05) is 19.8 Å². The van der Waals surface area contributed by atoms with Crippen LogP contribution >= 0.6 is 0 Å². The maximum atomic E-state index is 10.1. The molecule has 176 valence electrons. The van der Waals surface area contributed by atoms with E-state index >= 15 is 0 Å². The second-order valence-corrected chi connectivity index (χ2v) is 8.61. The summed E-state index contributed by atoms with van der Waals surface area (Å²) < 4.78 is 32.1. The van der Waals surface area contributed by atoms with Gasteiger partial charge in [0.2, 0.25) is 0 Å². The Morgan fingerprint density at radius 3 is 1.73 bits per heavy atom. The molecule has 3 aliphatic heterocycles. The first-order valence-electron chi connectivity index (χ1n) is 10.1. The molecule has 3 aliphatic rings. The fourth-order valence-corrected chi connectivity index (χ4v) is 3.20. The van der Waals surface area contributed by atoms with Crippen LogP contribution in [0.5, 0.6) is 0 Å². The minimum Gasteiger partial charge on any atom is -0.390 e. The lowest BCUT2D eigenvalue weighted by atomic mass is 10.0. The van der Waals surface area contributed by atoms with Crippen molar-refractivity contribution in [1.82, 2.24) is 0 Å². The van der Waals surface area contributed by atoms with Crippen LogP contribution in [-0.2, 0) is 33.2 Å². The summed E-state index contributed by atoms with van der Waals surface area (Å²) in [5.41, 5.74) is 0. The molecule has 0 aliphatic carbocycles. The van der Waals surface area contributed by atoms with Gasteiger partial charge in [0.25, 0.3) is 0 Å². The summed E-state index contributed by atoms with van der Waals surface area (Å²) in [4.78, 5) is 10.1. The molecular weight excluding hydrogens is 396 g/mol. The minimum atomic E-state index is -0.992. The average molecular weight is 435 g/mol. The topological polar surface area (TPSA) is 113 Å². The highest BCUT2D eigenvalue weighted by atomic mass is 16.8. The van der Waals surface area contributed by atoms with Gasteiger partial charge in [-0.2, -0.15) is 0 Å². The van der Waals surface area contributed by atoms with Crippen molar-refractivity contribution in [1.29, 1.82) is 0 Å². The first-order chi connectivity index (χ1) is 13.8.